The molecular formula is C24H24N4O2S. The summed E-state index contributed by atoms with van der Waals surface area (Å²) in [7, 11) is 0. The van der Waals surface area contributed by atoms with E-state index in [0.717, 1.165) is 34.8 Å². The summed E-state index contributed by atoms with van der Waals surface area (Å²) in [6.07, 6.45) is 0.900. The fraction of sp³-hybridized carbons (Fsp3) is 0.292. The molecule has 0 fully saturated rings. The monoisotopic (exact) mass is 432 g/mol. The lowest BCUT2D eigenvalue weighted by atomic mass is 10.2. The molecule has 158 valence electrons. The maximum Gasteiger partial charge on any atom is 0.240 e. The van der Waals surface area contributed by atoms with Gasteiger partial charge < -0.3 is 9.32 Å². The van der Waals surface area contributed by atoms with Crippen molar-refractivity contribution in [2.45, 2.75) is 43.6 Å². The molecule has 1 aliphatic rings. The maximum absolute atomic E-state index is 13.2. The first-order chi connectivity index (χ1) is 15.0. The Morgan fingerprint density at radius 2 is 1.84 bits per heavy atom. The highest BCUT2D eigenvalue weighted by atomic mass is 32.2. The summed E-state index contributed by atoms with van der Waals surface area (Å²) in [5, 5.41) is 10.3. The van der Waals surface area contributed by atoms with E-state index in [9.17, 15) is 4.79 Å². The molecule has 0 spiro atoms. The molecule has 3 heterocycles. The highest BCUT2D eigenvalue weighted by Crippen LogP contribution is 2.35. The molecule has 0 aliphatic carbocycles. The number of fused-ring (bicyclic) bond motifs is 2. The van der Waals surface area contributed by atoms with Gasteiger partial charge in [0.05, 0.1) is 5.25 Å². The number of thioether (sulfide) groups is 1. The number of nitrogens with zero attached hydrogens (tertiary/aromatic N) is 4. The van der Waals surface area contributed by atoms with Crippen LogP contribution >= 0.6 is 11.8 Å². The minimum absolute atomic E-state index is 0.0959. The third-order valence-corrected chi connectivity index (χ3v) is 6.65. The predicted molar refractivity (Wildman–Crippen MR) is 123 cm³/mol. The van der Waals surface area contributed by atoms with Crippen LogP contribution in [-0.2, 0) is 11.2 Å². The van der Waals surface area contributed by atoms with Crippen molar-refractivity contribution in [1.29, 1.82) is 0 Å². The van der Waals surface area contributed by atoms with Gasteiger partial charge in [-0.15, -0.1) is 10.2 Å². The standard InChI is InChI=1S/C24H24N4O2S/c1-15(2)28-22(21-14-18-9-5-7-11-20(18)30-21)25-26-24(28)31-16(3)23(29)27-13-12-17-8-4-6-10-19(17)27/h4-11,14-16H,12-13H2,1-3H3. The van der Waals surface area contributed by atoms with Crippen molar-refractivity contribution in [3.63, 3.8) is 0 Å². The lowest BCUT2D eigenvalue weighted by Crippen LogP contribution is -2.35. The third kappa shape index (κ3) is 3.53. The van der Waals surface area contributed by atoms with Gasteiger partial charge in [-0.3, -0.25) is 9.36 Å². The number of hydrogen-bond donors (Lipinski definition) is 0. The van der Waals surface area contributed by atoms with Crippen LogP contribution in [0.15, 0.2) is 64.2 Å². The Balaban J connectivity index is 1.42. The summed E-state index contributed by atoms with van der Waals surface area (Å²) in [6, 6.07) is 18.1. The van der Waals surface area contributed by atoms with Crippen molar-refractivity contribution in [3.05, 3.63) is 60.2 Å². The number of para-hydroxylation sites is 2. The van der Waals surface area contributed by atoms with Crippen LogP contribution in [0.4, 0.5) is 5.69 Å². The van der Waals surface area contributed by atoms with Crippen molar-refractivity contribution in [3.8, 4) is 11.6 Å². The number of carbonyl (C=O) groups excluding carboxylic acids is 1. The molecule has 1 atom stereocenters. The number of hydrogen-bond acceptors (Lipinski definition) is 5. The smallest absolute Gasteiger partial charge is 0.240 e. The SMILES string of the molecule is CC(Sc1nnc(-c2cc3ccccc3o2)n1C(C)C)C(=O)N1CCc2ccccc21. The zero-order valence-corrected chi connectivity index (χ0v) is 18.6. The van der Waals surface area contributed by atoms with Gasteiger partial charge in [-0.05, 0) is 51.0 Å². The summed E-state index contributed by atoms with van der Waals surface area (Å²) in [5.74, 6) is 1.46. The molecule has 4 aromatic rings. The molecule has 5 rings (SSSR count). The molecule has 0 N–H and O–H groups in total. The van der Waals surface area contributed by atoms with E-state index in [2.05, 4.69) is 30.1 Å². The Morgan fingerprint density at radius 3 is 2.65 bits per heavy atom. The molecule has 0 radical (unpaired) electrons. The fourth-order valence-corrected chi connectivity index (χ4v) is 5.12. The minimum atomic E-state index is -0.281. The van der Waals surface area contributed by atoms with Gasteiger partial charge >= 0.3 is 0 Å². The number of rotatable bonds is 5. The van der Waals surface area contributed by atoms with E-state index < -0.39 is 0 Å². The lowest BCUT2D eigenvalue weighted by Gasteiger charge is -2.21. The van der Waals surface area contributed by atoms with Gasteiger partial charge in [0.2, 0.25) is 11.7 Å². The van der Waals surface area contributed by atoms with Crippen LogP contribution in [0.3, 0.4) is 0 Å². The highest BCUT2D eigenvalue weighted by Gasteiger charge is 2.30. The summed E-state index contributed by atoms with van der Waals surface area (Å²) >= 11 is 1.45. The molecule has 1 aliphatic heterocycles. The van der Waals surface area contributed by atoms with E-state index in [4.69, 9.17) is 4.42 Å². The van der Waals surface area contributed by atoms with Crippen molar-refractivity contribution >= 4 is 34.3 Å². The molecule has 1 unspecified atom stereocenters. The van der Waals surface area contributed by atoms with E-state index in [1.807, 2.05) is 64.9 Å². The maximum atomic E-state index is 13.2. The molecule has 1 amide bonds. The quantitative estimate of drug-likeness (QED) is 0.398. The van der Waals surface area contributed by atoms with Crippen LogP contribution in [0.25, 0.3) is 22.6 Å². The van der Waals surface area contributed by atoms with Gasteiger partial charge in [0.25, 0.3) is 0 Å². The Hall–Kier alpha value is -3.06. The number of aromatic nitrogens is 3. The first-order valence-corrected chi connectivity index (χ1v) is 11.4. The Bertz CT molecular complexity index is 1230. The molecule has 2 aromatic carbocycles. The second-order valence-electron chi connectivity index (χ2n) is 8.05. The molecule has 6 nitrogen and oxygen atoms in total. The predicted octanol–water partition coefficient (Wildman–Crippen LogP) is 5.34. The first kappa shape index (κ1) is 19.9. The third-order valence-electron chi connectivity index (χ3n) is 5.61. The zero-order chi connectivity index (χ0) is 21.5. The minimum Gasteiger partial charge on any atom is -0.453 e. The fourth-order valence-electron chi connectivity index (χ4n) is 4.08. The van der Waals surface area contributed by atoms with Gasteiger partial charge in [0, 0.05) is 23.7 Å². The van der Waals surface area contributed by atoms with Crippen LogP contribution in [0.1, 0.15) is 32.4 Å². The summed E-state index contributed by atoms with van der Waals surface area (Å²) in [4.78, 5) is 15.1. The zero-order valence-electron chi connectivity index (χ0n) is 17.8. The molecule has 7 heteroatoms. The molecule has 2 aromatic heterocycles. The average Bonchev–Trinajstić information content (AvgIpc) is 3.48. The van der Waals surface area contributed by atoms with Crippen molar-refractivity contribution in [2.24, 2.45) is 0 Å². The van der Waals surface area contributed by atoms with E-state index in [1.165, 1.54) is 17.3 Å². The molecule has 0 saturated heterocycles. The summed E-state index contributed by atoms with van der Waals surface area (Å²) < 4.78 is 8.07. The first-order valence-electron chi connectivity index (χ1n) is 10.5. The average molecular weight is 433 g/mol. The van der Waals surface area contributed by atoms with Gasteiger partial charge in [-0.25, -0.2) is 0 Å². The van der Waals surface area contributed by atoms with E-state index in [-0.39, 0.29) is 17.2 Å². The van der Waals surface area contributed by atoms with E-state index >= 15 is 0 Å². The van der Waals surface area contributed by atoms with Gasteiger partial charge in [-0.2, -0.15) is 0 Å². The Labute approximate surface area is 185 Å². The van der Waals surface area contributed by atoms with Crippen LogP contribution in [-0.4, -0.2) is 32.5 Å². The summed E-state index contributed by atoms with van der Waals surface area (Å²) in [5.41, 5.74) is 3.07. The van der Waals surface area contributed by atoms with E-state index in [0.29, 0.717) is 11.6 Å². The lowest BCUT2D eigenvalue weighted by molar-refractivity contribution is -0.117. The Morgan fingerprint density at radius 1 is 1.06 bits per heavy atom. The highest BCUT2D eigenvalue weighted by molar-refractivity contribution is 8.00. The van der Waals surface area contributed by atoms with Crippen LogP contribution < -0.4 is 4.90 Å². The number of furan rings is 1. The molecular weight excluding hydrogens is 408 g/mol. The number of amides is 1. The normalized spacial score (nSPS) is 14.4. The van der Waals surface area contributed by atoms with Crippen molar-refractivity contribution in [1.82, 2.24) is 14.8 Å². The second-order valence-corrected chi connectivity index (χ2v) is 9.36. The Kier molecular flexibility index (Phi) is 5.06. The van der Waals surface area contributed by atoms with Crippen molar-refractivity contribution < 1.29 is 9.21 Å². The molecule has 0 bridgehead atoms. The summed E-state index contributed by atoms with van der Waals surface area (Å²) in [6.45, 7) is 6.84. The number of carbonyl (C=O) groups is 1. The van der Waals surface area contributed by atoms with Gasteiger partial charge in [-0.1, -0.05) is 48.2 Å². The number of anilines is 1. The van der Waals surface area contributed by atoms with Gasteiger partial charge in [0.1, 0.15) is 5.58 Å². The van der Waals surface area contributed by atoms with Gasteiger partial charge in [0.15, 0.2) is 10.9 Å². The van der Waals surface area contributed by atoms with Crippen LogP contribution in [0, 0.1) is 0 Å². The second kappa shape index (κ2) is 7.89. The number of benzene rings is 2. The van der Waals surface area contributed by atoms with Crippen LogP contribution in [0.5, 0.6) is 0 Å². The van der Waals surface area contributed by atoms with Crippen LogP contribution in [0.2, 0.25) is 0 Å². The topological polar surface area (TPSA) is 64.2 Å². The molecule has 31 heavy (non-hydrogen) atoms. The van der Waals surface area contributed by atoms with E-state index in [1.54, 1.807) is 0 Å². The largest absolute Gasteiger partial charge is 0.453 e. The molecule has 0 saturated carbocycles. The van der Waals surface area contributed by atoms with Crippen molar-refractivity contribution in [2.75, 3.05) is 11.4 Å².